The fourth-order valence-corrected chi connectivity index (χ4v) is 4.51. The molecule has 0 aromatic carbocycles. The highest BCUT2D eigenvalue weighted by Crippen LogP contribution is 2.35. The first-order valence-corrected chi connectivity index (χ1v) is 10.2. The van der Waals surface area contributed by atoms with Crippen LogP contribution in [-0.2, 0) is 4.79 Å². The van der Waals surface area contributed by atoms with Crippen LogP contribution in [0, 0.1) is 6.92 Å². The molecule has 29 heavy (non-hydrogen) atoms. The second kappa shape index (κ2) is 7.91. The van der Waals surface area contributed by atoms with Crippen molar-refractivity contribution >= 4 is 17.5 Å². The van der Waals surface area contributed by atoms with Gasteiger partial charge in [-0.3, -0.25) is 24.5 Å². The third-order valence-corrected chi connectivity index (χ3v) is 6.19. The van der Waals surface area contributed by atoms with Gasteiger partial charge < -0.3 is 9.80 Å². The van der Waals surface area contributed by atoms with E-state index in [0.29, 0.717) is 38.2 Å². The number of carbonyl (C=O) groups is 2. The summed E-state index contributed by atoms with van der Waals surface area (Å²) in [6, 6.07) is 9.27. The van der Waals surface area contributed by atoms with Gasteiger partial charge in [-0.05, 0) is 50.6 Å². The Balaban J connectivity index is 1.54. The molecule has 0 N–H and O–H groups in total. The van der Waals surface area contributed by atoms with Crippen LogP contribution in [-0.4, -0.2) is 69.8 Å². The number of aromatic nitrogens is 2. The van der Waals surface area contributed by atoms with Crippen LogP contribution >= 0.6 is 0 Å². The van der Waals surface area contributed by atoms with Crippen molar-refractivity contribution in [2.45, 2.75) is 32.2 Å². The van der Waals surface area contributed by atoms with Gasteiger partial charge in [0.2, 0.25) is 5.91 Å². The maximum absolute atomic E-state index is 13.6. The standard InChI is InChI=1S/C22H27N5O2/c1-3-26-14-15-27(18-8-7-17(2)24-16-18)21(29)22(26)9-12-25(13-10-22)20(28)19-6-4-5-11-23-19/h4-8,11,16H,3,9-10,12-15H2,1-2H3. The van der Waals surface area contributed by atoms with Crippen LogP contribution in [0.2, 0.25) is 0 Å². The number of anilines is 1. The monoisotopic (exact) mass is 393 g/mol. The number of piperazine rings is 1. The quantitative estimate of drug-likeness (QED) is 0.799. The lowest BCUT2D eigenvalue weighted by Gasteiger charge is -2.52. The molecule has 0 unspecified atom stereocenters. The summed E-state index contributed by atoms with van der Waals surface area (Å²) in [5, 5.41) is 0. The van der Waals surface area contributed by atoms with Crippen molar-refractivity contribution in [3.05, 3.63) is 54.1 Å². The summed E-state index contributed by atoms with van der Waals surface area (Å²) in [4.78, 5) is 40.9. The Bertz CT molecular complexity index is 876. The first kappa shape index (κ1) is 19.5. The predicted octanol–water partition coefficient (Wildman–Crippen LogP) is 2.13. The van der Waals surface area contributed by atoms with Crippen LogP contribution in [0.5, 0.6) is 0 Å². The summed E-state index contributed by atoms with van der Waals surface area (Å²) < 4.78 is 0. The van der Waals surface area contributed by atoms with Crippen LogP contribution < -0.4 is 4.90 Å². The lowest BCUT2D eigenvalue weighted by atomic mass is 9.82. The lowest BCUT2D eigenvalue weighted by Crippen LogP contribution is -2.69. The fourth-order valence-electron chi connectivity index (χ4n) is 4.51. The largest absolute Gasteiger partial charge is 0.337 e. The van der Waals surface area contributed by atoms with E-state index in [1.165, 1.54) is 0 Å². The molecule has 2 aromatic rings. The highest BCUT2D eigenvalue weighted by molar-refractivity contribution is 6.01. The second-order valence-corrected chi connectivity index (χ2v) is 7.73. The van der Waals surface area contributed by atoms with Crippen LogP contribution in [0.3, 0.4) is 0 Å². The van der Waals surface area contributed by atoms with Crippen LogP contribution in [0.4, 0.5) is 5.69 Å². The van der Waals surface area contributed by atoms with Crippen molar-refractivity contribution in [1.82, 2.24) is 19.8 Å². The Morgan fingerprint density at radius 3 is 2.48 bits per heavy atom. The molecule has 2 saturated heterocycles. The summed E-state index contributed by atoms with van der Waals surface area (Å²) in [5.41, 5.74) is 1.68. The highest BCUT2D eigenvalue weighted by atomic mass is 16.2. The zero-order chi connectivity index (χ0) is 20.4. The molecule has 0 saturated carbocycles. The van der Waals surface area contributed by atoms with Crippen LogP contribution in [0.15, 0.2) is 42.7 Å². The number of amides is 2. The molecule has 4 heterocycles. The average molecular weight is 393 g/mol. The number of likely N-dealkylation sites (tertiary alicyclic amines) is 1. The summed E-state index contributed by atoms with van der Waals surface area (Å²) in [7, 11) is 0. The van der Waals surface area contributed by atoms with Gasteiger partial charge in [-0.2, -0.15) is 0 Å². The maximum atomic E-state index is 13.6. The molecule has 0 bridgehead atoms. The van der Waals surface area contributed by atoms with Crippen molar-refractivity contribution in [3.63, 3.8) is 0 Å². The molecule has 2 aliphatic heterocycles. The number of pyridine rings is 2. The van der Waals surface area contributed by atoms with E-state index in [1.54, 1.807) is 24.5 Å². The van der Waals surface area contributed by atoms with E-state index in [-0.39, 0.29) is 11.8 Å². The second-order valence-electron chi connectivity index (χ2n) is 7.73. The third kappa shape index (κ3) is 3.51. The Kier molecular flexibility index (Phi) is 5.32. The van der Waals surface area contributed by atoms with E-state index in [0.717, 1.165) is 24.5 Å². The van der Waals surface area contributed by atoms with E-state index in [9.17, 15) is 9.59 Å². The zero-order valence-corrected chi connectivity index (χ0v) is 17.0. The Labute approximate surface area is 171 Å². The number of carbonyl (C=O) groups excluding carboxylic acids is 2. The number of likely N-dealkylation sites (N-methyl/N-ethyl adjacent to an activating group) is 1. The van der Waals surface area contributed by atoms with Crippen molar-refractivity contribution in [1.29, 1.82) is 0 Å². The summed E-state index contributed by atoms with van der Waals surface area (Å²) in [5.74, 6) is 0.0625. The molecule has 7 heteroatoms. The van der Waals surface area contributed by atoms with Gasteiger partial charge in [0.15, 0.2) is 0 Å². The Morgan fingerprint density at radius 1 is 1.07 bits per heavy atom. The van der Waals surface area contributed by atoms with Gasteiger partial charge in [-0.15, -0.1) is 0 Å². The van der Waals surface area contributed by atoms with Crippen molar-refractivity contribution in [2.75, 3.05) is 37.6 Å². The van der Waals surface area contributed by atoms with E-state index in [2.05, 4.69) is 21.8 Å². The van der Waals surface area contributed by atoms with Gasteiger partial charge in [0, 0.05) is 38.1 Å². The number of hydrogen-bond acceptors (Lipinski definition) is 5. The van der Waals surface area contributed by atoms with Crippen LogP contribution in [0.1, 0.15) is 35.9 Å². The highest BCUT2D eigenvalue weighted by Gasteiger charge is 2.51. The van der Waals surface area contributed by atoms with Crippen molar-refractivity contribution < 1.29 is 9.59 Å². The molecule has 0 radical (unpaired) electrons. The molecular formula is C22H27N5O2. The molecule has 2 fully saturated rings. The van der Waals surface area contributed by atoms with E-state index < -0.39 is 5.54 Å². The number of aryl methyl sites for hydroxylation is 1. The molecule has 2 aliphatic rings. The molecule has 2 amide bonds. The number of rotatable bonds is 3. The number of nitrogens with zero attached hydrogens (tertiary/aromatic N) is 5. The molecule has 7 nitrogen and oxygen atoms in total. The smallest absolute Gasteiger partial charge is 0.272 e. The van der Waals surface area contributed by atoms with E-state index >= 15 is 0 Å². The molecule has 0 atom stereocenters. The normalized spacial score (nSPS) is 19.6. The third-order valence-electron chi connectivity index (χ3n) is 6.19. The minimum atomic E-state index is -0.557. The maximum Gasteiger partial charge on any atom is 0.272 e. The van der Waals surface area contributed by atoms with Crippen LogP contribution in [0.25, 0.3) is 0 Å². The van der Waals surface area contributed by atoms with Gasteiger partial charge in [-0.25, -0.2) is 0 Å². The van der Waals surface area contributed by atoms with Gasteiger partial charge in [0.05, 0.1) is 11.9 Å². The number of piperidine rings is 1. The van der Waals surface area contributed by atoms with E-state index in [1.807, 2.05) is 34.9 Å². The molecular weight excluding hydrogens is 366 g/mol. The first-order chi connectivity index (χ1) is 14.0. The summed E-state index contributed by atoms with van der Waals surface area (Å²) in [6.07, 6.45) is 4.68. The minimum absolute atomic E-state index is 0.0636. The lowest BCUT2D eigenvalue weighted by molar-refractivity contribution is -0.137. The fraction of sp³-hybridized carbons (Fsp3) is 0.455. The van der Waals surface area contributed by atoms with Gasteiger partial charge in [-0.1, -0.05) is 13.0 Å². The minimum Gasteiger partial charge on any atom is -0.337 e. The van der Waals surface area contributed by atoms with E-state index in [4.69, 9.17) is 0 Å². The summed E-state index contributed by atoms with van der Waals surface area (Å²) >= 11 is 0. The Hall–Kier alpha value is -2.80. The topological polar surface area (TPSA) is 69.6 Å². The zero-order valence-electron chi connectivity index (χ0n) is 17.0. The number of hydrogen-bond donors (Lipinski definition) is 0. The molecule has 152 valence electrons. The molecule has 1 spiro atoms. The first-order valence-electron chi connectivity index (χ1n) is 10.2. The van der Waals surface area contributed by atoms with Gasteiger partial charge in [0.1, 0.15) is 11.2 Å². The van der Waals surface area contributed by atoms with Crippen molar-refractivity contribution in [3.8, 4) is 0 Å². The van der Waals surface area contributed by atoms with Gasteiger partial charge >= 0.3 is 0 Å². The van der Waals surface area contributed by atoms with Gasteiger partial charge in [0.25, 0.3) is 5.91 Å². The predicted molar refractivity (Wildman–Crippen MR) is 111 cm³/mol. The van der Waals surface area contributed by atoms with Crippen molar-refractivity contribution in [2.24, 2.45) is 0 Å². The Morgan fingerprint density at radius 2 is 1.86 bits per heavy atom. The SMILES string of the molecule is CCN1CCN(c2ccc(C)nc2)C(=O)C12CCN(C(=O)c1ccccn1)CC2. The molecule has 0 aliphatic carbocycles. The average Bonchev–Trinajstić information content (AvgIpc) is 2.77. The molecule has 4 rings (SSSR count). The summed E-state index contributed by atoms with van der Waals surface area (Å²) in [6.45, 7) is 7.45. The molecule has 2 aromatic heterocycles.